The number of ketones is 1. The molecule has 4 saturated carbocycles. The Morgan fingerprint density at radius 2 is 1.89 bits per heavy atom. The molecule has 2 heteroatoms. The number of hydrogen-bond donors (Lipinski definition) is 0. The molecule has 4 aliphatic rings. The van der Waals surface area contributed by atoms with Crippen LogP contribution in [-0.2, 0) is 4.79 Å². The highest BCUT2D eigenvalue weighted by molar-refractivity contribution is 7.98. The normalized spacial score (nSPS) is 47.3. The van der Waals surface area contributed by atoms with Gasteiger partial charge in [-0.25, -0.2) is 0 Å². The second-order valence-electron chi connectivity index (χ2n) is 7.77. The van der Waals surface area contributed by atoms with Crippen LogP contribution >= 0.6 is 11.8 Å². The monoisotopic (exact) mass is 266 g/mol. The van der Waals surface area contributed by atoms with Gasteiger partial charge in [0.1, 0.15) is 5.78 Å². The summed E-state index contributed by atoms with van der Waals surface area (Å²) in [5.74, 6) is 3.60. The van der Waals surface area contributed by atoms with Gasteiger partial charge in [0.15, 0.2) is 0 Å². The third-order valence-corrected chi connectivity index (χ3v) is 6.57. The van der Waals surface area contributed by atoms with E-state index in [1.807, 2.05) is 11.8 Å². The Morgan fingerprint density at radius 1 is 1.28 bits per heavy atom. The molecule has 1 nitrogen and oxygen atoms in total. The lowest BCUT2D eigenvalue weighted by molar-refractivity contribution is -0.155. The van der Waals surface area contributed by atoms with Crippen LogP contribution in [-0.4, -0.2) is 17.8 Å². The Kier molecular flexibility index (Phi) is 3.08. The fourth-order valence-corrected chi connectivity index (χ4v) is 6.51. The smallest absolute Gasteiger partial charge is 0.142 e. The average molecular weight is 266 g/mol. The zero-order valence-corrected chi connectivity index (χ0v) is 12.8. The van der Waals surface area contributed by atoms with Gasteiger partial charge in [-0.05, 0) is 62.0 Å². The fourth-order valence-electron chi connectivity index (χ4n) is 5.86. The van der Waals surface area contributed by atoms with Gasteiger partial charge in [-0.1, -0.05) is 13.8 Å². The molecule has 0 saturated heterocycles. The molecule has 4 fully saturated rings. The van der Waals surface area contributed by atoms with Crippen molar-refractivity contribution >= 4 is 17.5 Å². The van der Waals surface area contributed by atoms with E-state index in [0.717, 1.165) is 17.6 Å². The van der Waals surface area contributed by atoms with Crippen LogP contribution in [0.15, 0.2) is 0 Å². The minimum Gasteiger partial charge on any atom is -0.299 e. The molecule has 0 N–H and O–H groups in total. The number of carbonyl (C=O) groups is 1. The zero-order chi connectivity index (χ0) is 13.0. The zero-order valence-electron chi connectivity index (χ0n) is 12.0. The third kappa shape index (κ3) is 1.95. The Balaban J connectivity index is 1.84. The largest absolute Gasteiger partial charge is 0.299 e. The van der Waals surface area contributed by atoms with Gasteiger partial charge in [0.25, 0.3) is 0 Å². The summed E-state index contributed by atoms with van der Waals surface area (Å²) >= 11 is 1.82. The van der Waals surface area contributed by atoms with Crippen LogP contribution < -0.4 is 0 Å². The van der Waals surface area contributed by atoms with E-state index in [4.69, 9.17) is 0 Å². The second-order valence-corrected chi connectivity index (χ2v) is 8.68. The number of hydrogen-bond acceptors (Lipinski definition) is 2. The molecular formula is C16H26OS. The van der Waals surface area contributed by atoms with Crippen LogP contribution in [0, 0.1) is 28.6 Å². The summed E-state index contributed by atoms with van der Waals surface area (Å²) in [6.45, 7) is 4.60. The van der Waals surface area contributed by atoms with Gasteiger partial charge in [-0.15, -0.1) is 0 Å². The number of Topliss-reactive ketones (excluding diaryl/α,β-unsaturated/α-hetero) is 1. The molecule has 0 aromatic rings. The van der Waals surface area contributed by atoms with Crippen molar-refractivity contribution in [3.8, 4) is 0 Å². The van der Waals surface area contributed by atoms with Gasteiger partial charge in [0.2, 0.25) is 0 Å². The van der Waals surface area contributed by atoms with Gasteiger partial charge in [0.05, 0.1) is 0 Å². The van der Waals surface area contributed by atoms with Gasteiger partial charge in [0, 0.05) is 17.1 Å². The Labute approximate surface area is 115 Å². The van der Waals surface area contributed by atoms with Crippen molar-refractivity contribution in [3.63, 3.8) is 0 Å². The van der Waals surface area contributed by atoms with Gasteiger partial charge < -0.3 is 0 Å². The first-order chi connectivity index (χ1) is 8.46. The van der Waals surface area contributed by atoms with Crippen molar-refractivity contribution in [2.75, 3.05) is 12.0 Å². The summed E-state index contributed by atoms with van der Waals surface area (Å²) in [6, 6.07) is 0. The predicted octanol–water partition coefficient (Wildman–Crippen LogP) is 4.16. The minimum atomic E-state index is 0.0913. The molecule has 0 aromatic heterocycles. The molecule has 18 heavy (non-hydrogen) atoms. The summed E-state index contributed by atoms with van der Waals surface area (Å²) in [5, 5.41) is 0. The lowest BCUT2D eigenvalue weighted by atomic mass is 9.43. The highest BCUT2D eigenvalue weighted by Gasteiger charge is 2.58. The summed E-state index contributed by atoms with van der Waals surface area (Å²) in [4.78, 5) is 12.9. The Hall–Kier alpha value is 0.0200. The summed E-state index contributed by atoms with van der Waals surface area (Å²) < 4.78 is 0. The first-order valence-corrected chi connectivity index (χ1v) is 8.89. The summed E-state index contributed by atoms with van der Waals surface area (Å²) in [6.07, 6.45) is 9.97. The van der Waals surface area contributed by atoms with Crippen molar-refractivity contribution < 1.29 is 4.79 Å². The maximum absolute atomic E-state index is 12.9. The first-order valence-electron chi connectivity index (χ1n) is 7.50. The van der Waals surface area contributed by atoms with Crippen molar-refractivity contribution in [3.05, 3.63) is 0 Å². The molecular weight excluding hydrogens is 240 g/mol. The fraction of sp³-hybridized carbons (Fsp3) is 0.938. The van der Waals surface area contributed by atoms with Crippen LogP contribution in [0.1, 0.15) is 52.4 Å². The second kappa shape index (κ2) is 4.26. The first kappa shape index (κ1) is 13.0. The van der Waals surface area contributed by atoms with E-state index in [1.54, 1.807) is 0 Å². The van der Waals surface area contributed by atoms with Crippen LogP contribution in [0.5, 0.6) is 0 Å². The van der Waals surface area contributed by atoms with E-state index in [9.17, 15) is 4.79 Å². The van der Waals surface area contributed by atoms with Crippen molar-refractivity contribution in [2.45, 2.75) is 52.4 Å². The average Bonchev–Trinajstić information content (AvgIpc) is 2.24. The quantitative estimate of drug-likeness (QED) is 0.760. The maximum atomic E-state index is 12.9. The molecule has 0 amide bonds. The van der Waals surface area contributed by atoms with Crippen LogP contribution in [0.25, 0.3) is 0 Å². The van der Waals surface area contributed by atoms with Crippen molar-refractivity contribution in [1.82, 2.24) is 0 Å². The van der Waals surface area contributed by atoms with E-state index in [-0.39, 0.29) is 11.3 Å². The highest BCUT2D eigenvalue weighted by Crippen LogP contribution is 2.65. The van der Waals surface area contributed by atoms with Crippen LogP contribution in [0.3, 0.4) is 0 Å². The van der Waals surface area contributed by atoms with Crippen molar-refractivity contribution in [2.24, 2.45) is 28.6 Å². The van der Waals surface area contributed by atoms with E-state index in [0.29, 0.717) is 11.2 Å². The van der Waals surface area contributed by atoms with Crippen LogP contribution in [0.2, 0.25) is 0 Å². The molecule has 0 spiro atoms. The molecule has 102 valence electrons. The topological polar surface area (TPSA) is 17.1 Å². The molecule has 4 bridgehead atoms. The third-order valence-electron chi connectivity index (χ3n) is 5.74. The Morgan fingerprint density at radius 3 is 2.39 bits per heavy atom. The molecule has 0 aromatic carbocycles. The van der Waals surface area contributed by atoms with Gasteiger partial charge >= 0.3 is 0 Å². The van der Waals surface area contributed by atoms with E-state index in [2.05, 4.69) is 20.1 Å². The van der Waals surface area contributed by atoms with E-state index < -0.39 is 0 Å². The van der Waals surface area contributed by atoms with E-state index in [1.165, 1.54) is 38.5 Å². The molecule has 3 unspecified atom stereocenters. The van der Waals surface area contributed by atoms with Crippen molar-refractivity contribution in [1.29, 1.82) is 0 Å². The SMILES string of the molecule is CSCC(C)C(=O)C12CC3CC(CC(C)(C3)C1)C2. The lowest BCUT2D eigenvalue weighted by Gasteiger charge is -2.61. The number of rotatable bonds is 4. The van der Waals surface area contributed by atoms with Crippen LogP contribution in [0.4, 0.5) is 0 Å². The number of carbonyl (C=O) groups excluding carboxylic acids is 1. The van der Waals surface area contributed by atoms with Gasteiger partial charge in [-0.2, -0.15) is 11.8 Å². The molecule has 3 atom stereocenters. The van der Waals surface area contributed by atoms with E-state index >= 15 is 0 Å². The Bertz CT molecular complexity index is 348. The lowest BCUT2D eigenvalue weighted by Crippen LogP contribution is -2.55. The molecule has 0 radical (unpaired) electrons. The highest BCUT2D eigenvalue weighted by atomic mass is 32.2. The summed E-state index contributed by atoms with van der Waals surface area (Å²) in [7, 11) is 0. The maximum Gasteiger partial charge on any atom is 0.142 e. The predicted molar refractivity (Wildman–Crippen MR) is 77.8 cm³/mol. The molecule has 0 heterocycles. The van der Waals surface area contributed by atoms with Gasteiger partial charge in [-0.3, -0.25) is 4.79 Å². The summed E-state index contributed by atoms with van der Waals surface area (Å²) in [5.41, 5.74) is 0.590. The molecule has 4 rings (SSSR count). The standard InChI is InChI=1S/C16H26OS/c1-11(9-18-3)14(17)16-7-12-4-13(8-16)6-15(2,5-12)10-16/h11-13H,4-10H2,1-3H3. The minimum absolute atomic E-state index is 0.0913. The number of thioether (sulfide) groups is 1. The molecule has 4 aliphatic carbocycles. The molecule has 0 aliphatic heterocycles.